The van der Waals surface area contributed by atoms with Gasteiger partial charge in [-0.15, -0.1) is 0 Å². The van der Waals surface area contributed by atoms with Crippen LogP contribution in [0.3, 0.4) is 0 Å². The van der Waals surface area contributed by atoms with Gasteiger partial charge in [0, 0.05) is 24.8 Å². The molecule has 1 aromatic carbocycles. The molecule has 6 heteroatoms. The number of rotatable bonds is 3. The quantitative estimate of drug-likeness (QED) is 0.902. The minimum Gasteiger partial charge on any atom is -0.381 e. The Hall–Kier alpha value is -0.810. The molecule has 104 valence electrons. The predicted molar refractivity (Wildman–Crippen MR) is 76.6 cm³/mol. The van der Waals surface area contributed by atoms with E-state index in [1.165, 1.54) is 0 Å². The molecule has 1 aliphatic rings. The summed E-state index contributed by atoms with van der Waals surface area (Å²) in [7, 11) is 0. The van der Waals surface area contributed by atoms with Crippen molar-refractivity contribution in [3.05, 3.63) is 28.2 Å². The summed E-state index contributed by atoms with van der Waals surface area (Å²) < 4.78 is 5.29. The molecule has 0 bridgehead atoms. The lowest BCUT2D eigenvalue weighted by molar-refractivity contribution is -0.130. The van der Waals surface area contributed by atoms with Gasteiger partial charge in [0.05, 0.1) is 16.1 Å². The maximum absolute atomic E-state index is 12.4. The number of anilines is 1. The van der Waals surface area contributed by atoms with Crippen molar-refractivity contribution in [3.63, 3.8) is 0 Å². The first-order valence-electron chi connectivity index (χ1n) is 6.12. The summed E-state index contributed by atoms with van der Waals surface area (Å²) >= 11 is 11.9. The number of benzene rings is 1. The summed E-state index contributed by atoms with van der Waals surface area (Å²) in [6, 6.07) is 4.96. The Kier molecular flexibility index (Phi) is 4.68. The fourth-order valence-electron chi connectivity index (χ4n) is 2.13. The first kappa shape index (κ1) is 14.6. The number of carbonyl (C=O) groups is 1. The van der Waals surface area contributed by atoms with E-state index in [-0.39, 0.29) is 5.91 Å². The van der Waals surface area contributed by atoms with E-state index in [2.05, 4.69) is 5.32 Å². The summed E-state index contributed by atoms with van der Waals surface area (Å²) in [5, 5.41) is 3.78. The topological polar surface area (TPSA) is 64.4 Å². The number of hydrogen-bond acceptors (Lipinski definition) is 3. The SMILES string of the molecule is NCC1(C(=O)Nc2ccc(Cl)cc2Cl)CCOCC1. The molecular formula is C13H16Cl2N2O2. The molecule has 1 amide bonds. The maximum Gasteiger partial charge on any atom is 0.232 e. The van der Waals surface area contributed by atoms with Crippen molar-refractivity contribution in [1.82, 2.24) is 0 Å². The molecule has 1 fully saturated rings. The highest BCUT2D eigenvalue weighted by atomic mass is 35.5. The molecule has 1 aliphatic heterocycles. The number of carbonyl (C=O) groups excluding carboxylic acids is 1. The van der Waals surface area contributed by atoms with Crippen LogP contribution in [0.25, 0.3) is 0 Å². The Labute approximate surface area is 122 Å². The number of nitrogens with two attached hydrogens (primary N) is 1. The van der Waals surface area contributed by atoms with Crippen LogP contribution in [0.4, 0.5) is 5.69 Å². The molecule has 3 N–H and O–H groups in total. The molecule has 0 saturated carbocycles. The Morgan fingerprint density at radius 1 is 1.37 bits per heavy atom. The lowest BCUT2D eigenvalue weighted by atomic mass is 9.79. The Bertz CT molecular complexity index is 474. The molecule has 1 saturated heterocycles. The van der Waals surface area contributed by atoms with Gasteiger partial charge in [-0.1, -0.05) is 23.2 Å². The lowest BCUT2D eigenvalue weighted by Crippen LogP contribution is -2.46. The van der Waals surface area contributed by atoms with E-state index in [1.807, 2.05) is 0 Å². The third-order valence-corrected chi connectivity index (χ3v) is 4.05. The normalized spacial score (nSPS) is 18.1. The van der Waals surface area contributed by atoms with E-state index >= 15 is 0 Å². The molecule has 0 radical (unpaired) electrons. The summed E-state index contributed by atoms with van der Waals surface area (Å²) in [5.74, 6) is -0.109. The van der Waals surface area contributed by atoms with Crippen LogP contribution in [0.2, 0.25) is 10.0 Å². The molecular weight excluding hydrogens is 287 g/mol. The van der Waals surface area contributed by atoms with Crippen molar-refractivity contribution in [2.75, 3.05) is 25.1 Å². The fourth-order valence-corrected chi connectivity index (χ4v) is 2.59. The van der Waals surface area contributed by atoms with E-state index in [9.17, 15) is 4.79 Å². The maximum atomic E-state index is 12.4. The minimum absolute atomic E-state index is 0.109. The van der Waals surface area contributed by atoms with Gasteiger partial charge in [-0.05, 0) is 31.0 Å². The molecule has 0 unspecified atom stereocenters. The van der Waals surface area contributed by atoms with Crippen molar-refractivity contribution in [2.45, 2.75) is 12.8 Å². The van der Waals surface area contributed by atoms with Crippen LogP contribution in [0.15, 0.2) is 18.2 Å². The smallest absolute Gasteiger partial charge is 0.232 e. The van der Waals surface area contributed by atoms with Gasteiger partial charge in [0.25, 0.3) is 0 Å². The number of nitrogens with one attached hydrogen (secondary N) is 1. The van der Waals surface area contributed by atoms with Gasteiger partial charge in [0.1, 0.15) is 0 Å². The van der Waals surface area contributed by atoms with Gasteiger partial charge in [-0.25, -0.2) is 0 Å². The average Bonchev–Trinajstić information content (AvgIpc) is 2.42. The molecule has 0 aromatic heterocycles. The number of amides is 1. The Morgan fingerprint density at radius 2 is 2.05 bits per heavy atom. The van der Waals surface area contributed by atoms with Crippen LogP contribution in [0.5, 0.6) is 0 Å². The second kappa shape index (κ2) is 6.09. The van der Waals surface area contributed by atoms with Crippen molar-refractivity contribution >= 4 is 34.8 Å². The van der Waals surface area contributed by atoms with Crippen LogP contribution < -0.4 is 11.1 Å². The standard InChI is InChI=1S/C13H16Cl2N2O2/c14-9-1-2-11(10(15)7-9)17-12(18)13(8-16)3-5-19-6-4-13/h1-2,7H,3-6,8,16H2,(H,17,18). The number of hydrogen-bond donors (Lipinski definition) is 2. The lowest BCUT2D eigenvalue weighted by Gasteiger charge is -2.34. The van der Waals surface area contributed by atoms with Crippen molar-refractivity contribution < 1.29 is 9.53 Å². The highest BCUT2D eigenvalue weighted by Crippen LogP contribution is 2.32. The van der Waals surface area contributed by atoms with E-state index in [0.717, 1.165) is 0 Å². The van der Waals surface area contributed by atoms with E-state index in [1.54, 1.807) is 18.2 Å². The number of halogens is 2. The zero-order valence-electron chi connectivity index (χ0n) is 10.4. The van der Waals surface area contributed by atoms with Crippen molar-refractivity contribution in [2.24, 2.45) is 11.1 Å². The molecule has 0 atom stereocenters. The zero-order chi connectivity index (χ0) is 13.9. The van der Waals surface area contributed by atoms with E-state index in [4.69, 9.17) is 33.7 Å². The van der Waals surface area contributed by atoms with Crippen molar-refractivity contribution in [3.8, 4) is 0 Å². The molecule has 1 aromatic rings. The molecule has 2 rings (SSSR count). The average molecular weight is 303 g/mol. The predicted octanol–water partition coefficient (Wildman–Crippen LogP) is 2.69. The number of ether oxygens (including phenoxy) is 1. The summed E-state index contributed by atoms with van der Waals surface area (Å²) in [6.07, 6.45) is 1.25. The van der Waals surface area contributed by atoms with Crippen molar-refractivity contribution in [1.29, 1.82) is 0 Å². The van der Waals surface area contributed by atoms with Crippen LogP contribution in [-0.2, 0) is 9.53 Å². The second-order valence-corrected chi connectivity index (χ2v) is 5.52. The summed E-state index contributed by atoms with van der Waals surface area (Å²) in [4.78, 5) is 12.4. The fraction of sp³-hybridized carbons (Fsp3) is 0.462. The summed E-state index contributed by atoms with van der Waals surface area (Å²) in [6.45, 7) is 1.41. The highest BCUT2D eigenvalue weighted by molar-refractivity contribution is 6.36. The van der Waals surface area contributed by atoms with Crippen LogP contribution in [-0.4, -0.2) is 25.7 Å². The minimum atomic E-state index is -0.568. The molecule has 19 heavy (non-hydrogen) atoms. The van der Waals surface area contributed by atoms with Gasteiger partial charge in [-0.3, -0.25) is 4.79 Å². The summed E-state index contributed by atoms with van der Waals surface area (Å²) in [5.41, 5.74) is 5.77. The molecule has 1 heterocycles. The van der Waals surface area contributed by atoms with Gasteiger partial charge in [0.15, 0.2) is 0 Å². The first-order valence-corrected chi connectivity index (χ1v) is 6.87. The van der Waals surface area contributed by atoms with E-state index in [0.29, 0.717) is 48.3 Å². The van der Waals surface area contributed by atoms with E-state index < -0.39 is 5.41 Å². The Balaban J connectivity index is 2.15. The highest BCUT2D eigenvalue weighted by Gasteiger charge is 2.38. The van der Waals surface area contributed by atoms with Gasteiger partial charge >= 0.3 is 0 Å². The molecule has 0 spiro atoms. The van der Waals surface area contributed by atoms with Gasteiger partial charge in [0.2, 0.25) is 5.91 Å². The third-order valence-electron chi connectivity index (χ3n) is 3.50. The molecule has 4 nitrogen and oxygen atoms in total. The largest absolute Gasteiger partial charge is 0.381 e. The van der Waals surface area contributed by atoms with Gasteiger partial charge < -0.3 is 15.8 Å². The van der Waals surface area contributed by atoms with Crippen LogP contribution in [0.1, 0.15) is 12.8 Å². The first-order chi connectivity index (χ1) is 9.07. The van der Waals surface area contributed by atoms with Crippen LogP contribution in [0, 0.1) is 5.41 Å². The zero-order valence-corrected chi connectivity index (χ0v) is 11.9. The molecule has 0 aliphatic carbocycles. The van der Waals surface area contributed by atoms with Crippen LogP contribution >= 0.6 is 23.2 Å². The third kappa shape index (κ3) is 3.20. The Morgan fingerprint density at radius 3 is 2.63 bits per heavy atom. The van der Waals surface area contributed by atoms with Gasteiger partial charge in [-0.2, -0.15) is 0 Å². The monoisotopic (exact) mass is 302 g/mol. The second-order valence-electron chi connectivity index (χ2n) is 4.68.